The van der Waals surface area contributed by atoms with Gasteiger partial charge in [-0.15, -0.1) is 0 Å². The molecule has 0 saturated heterocycles. The second kappa shape index (κ2) is 10.3. The Balaban J connectivity index is 1.11. The number of benzene rings is 8. The van der Waals surface area contributed by atoms with E-state index in [1.165, 1.54) is 86.9 Å². The van der Waals surface area contributed by atoms with E-state index in [9.17, 15) is 0 Å². The predicted molar refractivity (Wildman–Crippen MR) is 214 cm³/mol. The molecule has 0 N–H and O–H groups in total. The summed E-state index contributed by atoms with van der Waals surface area (Å²) in [4.78, 5) is 0. The lowest BCUT2D eigenvalue weighted by atomic mass is 10.0. The van der Waals surface area contributed by atoms with Crippen LogP contribution in [0.3, 0.4) is 0 Å². The Bertz CT molecular complexity index is 2480. The Kier molecular flexibility index (Phi) is 6.02. The van der Waals surface area contributed by atoms with E-state index in [1.807, 2.05) is 0 Å². The maximum atomic E-state index is 2.46. The minimum atomic E-state index is -2.19. The molecule has 0 spiro atoms. The maximum absolute atomic E-state index is 2.46. The van der Waals surface area contributed by atoms with Gasteiger partial charge in [-0.1, -0.05) is 135 Å². The first-order chi connectivity index (χ1) is 24.0. The fourth-order valence-electron chi connectivity index (χ4n) is 9.73. The molecule has 0 fully saturated rings. The molecule has 2 nitrogen and oxygen atoms in total. The highest BCUT2D eigenvalue weighted by molar-refractivity contribution is 7.04. The van der Waals surface area contributed by atoms with Crippen molar-refractivity contribution >= 4 is 83.6 Å². The van der Waals surface area contributed by atoms with Crippen LogP contribution in [0.1, 0.15) is 27.7 Å². The number of hydrogen-bond acceptors (Lipinski definition) is 0. The molecule has 0 amide bonds. The molecule has 0 aliphatic rings. The monoisotopic (exact) mass is 646 g/mol. The molecule has 0 aliphatic carbocycles. The van der Waals surface area contributed by atoms with E-state index in [0.29, 0.717) is 11.1 Å². The average molecular weight is 647 g/mol. The molecule has 0 aliphatic heterocycles. The zero-order valence-corrected chi connectivity index (χ0v) is 29.4. The van der Waals surface area contributed by atoms with Crippen LogP contribution in [-0.2, 0) is 0 Å². The maximum Gasteiger partial charge on any atom is 0.123 e. The molecule has 0 unspecified atom stereocenters. The fourth-order valence-corrected chi connectivity index (χ4v) is 15.5. The molecule has 236 valence electrons. The van der Waals surface area contributed by atoms with Crippen LogP contribution in [0.25, 0.3) is 76.5 Å². The Hall–Kier alpha value is -5.38. The minimum Gasteiger partial charge on any atom is -0.309 e. The van der Waals surface area contributed by atoms with E-state index in [-0.39, 0.29) is 0 Å². The summed E-state index contributed by atoms with van der Waals surface area (Å²) in [5, 5.41) is 13.7. The third-order valence-electron chi connectivity index (χ3n) is 11.7. The molecular formula is C46H38N2Si. The summed E-state index contributed by atoms with van der Waals surface area (Å²) in [7, 11) is -2.19. The predicted octanol–water partition coefficient (Wildman–Crippen LogP) is 11.4. The van der Waals surface area contributed by atoms with Gasteiger partial charge in [0, 0.05) is 32.9 Å². The van der Waals surface area contributed by atoms with Gasteiger partial charge in [0.05, 0.1) is 22.1 Å². The zero-order valence-electron chi connectivity index (χ0n) is 28.4. The van der Waals surface area contributed by atoms with Gasteiger partial charge in [0.1, 0.15) is 8.07 Å². The van der Waals surface area contributed by atoms with Crippen LogP contribution in [0.4, 0.5) is 0 Å². The standard InChI is InChI=1S/C46H38N2Si/c1-29(2)49(30(3)4,37-25-21-35(22-26-37)47-39-13-5-9-31-17-18-32-10-6-14-40(47)44(32)43(31)39)38-27-23-36(24-28-38)48-41-15-7-11-33-19-20-34-12-8-16-42(48)46(34)45(33)41/h5-30H,1-4H3. The summed E-state index contributed by atoms with van der Waals surface area (Å²) < 4.78 is 4.93. The largest absolute Gasteiger partial charge is 0.309 e. The van der Waals surface area contributed by atoms with Gasteiger partial charge in [0.15, 0.2) is 0 Å². The van der Waals surface area contributed by atoms with Crippen LogP contribution >= 0.6 is 0 Å². The van der Waals surface area contributed by atoms with Gasteiger partial charge in [0.2, 0.25) is 0 Å². The van der Waals surface area contributed by atoms with E-state index < -0.39 is 8.07 Å². The topological polar surface area (TPSA) is 9.86 Å². The van der Waals surface area contributed by atoms with E-state index in [4.69, 9.17) is 0 Å². The zero-order chi connectivity index (χ0) is 33.0. The molecular weight excluding hydrogens is 609 g/mol. The van der Waals surface area contributed by atoms with Crippen LogP contribution in [0.5, 0.6) is 0 Å². The van der Waals surface area contributed by atoms with Crippen molar-refractivity contribution in [2.75, 3.05) is 0 Å². The number of rotatable bonds is 6. The quantitative estimate of drug-likeness (QED) is 0.126. The van der Waals surface area contributed by atoms with Gasteiger partial charge < -0.3 is 9.13 Å². The molecule has 2 aromatic heterocycles. The normalized spacial score (nSPS) is 12.9. The fraction of sp³-hybridized carbons (Fsp3) is 0.130. The molecule has 49 heavy (non-hydrogen) atoms. The molecule has 2 heterocycles. The Morgan fingerprint density at radius 3 is 0.898 bits per heavy atom. The van der Waals surface area contributed by atoms with Gasteiger partial charge in [0.25, 0.3) is 0 Å². The van der Waals surface area contributed by atoms with Crippen molar-refractivity contribution in [3.05, 3.63) is 146 Å². The third kappa shape index (κ3) is 3.77. The van der Waals surface area contributed by atoms with E-state index in [1.54, 1.807) is 0 Å². The molecule has 8 aromatic carbocycles. The minimum absolute atomic E-state index is 0.529. The average Bonchev–Trinajstić information content (AvgIpc) is 3.66. The van der Waals surface area contributed by atoms with Crippen LogP contribution < -0.4 is 10.4 Å². The van der Waals surface area contributed by atoms with Crippen LogP contribution in [0, 0.1) is 0 Å². The van der Waals surface area contributed by atoms with Crippen molar-refractivity contribution in [3.63, 3.8) is 0 Å². The SMILES string of the molecule is CC(C)[Si](c1ccc(-n2c3cccc4ccc5cccc2c5c43)cc1)(c1ccc(-n2c3cccc4ccc5cccc2c5c43)cc1)C(C)C. The molecule has 0 bridgehead atoms. The molecule has 10 aromatic rings. The van der Waals surface area contributed by atoms with Crippen molar-refractivity contribution in [1.82, 2.24) is 9.13 Å². The van der Waals surface area contributed by atoms with Crippen LogP contribution in [0.15, 0.2) is 146 Å². The summed E-state index contributed by atoms with van der Waals surface area (Å²) in [5.41, 5.74) is 8.62. The summed E-state index contributed by atoms with van der Waals surface area (Å²) >= 11 is 0. The Morgan fingerprint density at radius 2 is 0.633 bits per heavy atom. The first kappa shape index (κ1) is 28.6. The second-order valence-corrected chi connectivity index (χ2v) is 19.8. The Morgan fingerprint density at radius 1 is 0.347 bits per heavy atom. The summed E-state index contributed by atoms with van der Waals surface area (Å²) in [6.07, 6.45) is 0. The van der Waals surface area contributed by atoms with E-state index in [2.05, 4.69) is 182 Å². The smallest absolute Gasteiger partial charge is 0.123 e. The van der Waals surface area contributed by atoms with Gasteiger partial charge in [-0.25, -0.2) is 0 Å². The second-order valence-electron chi connectivity index (χ2n) is 14.6. The molecule has 0 radical (unpaired) electrons. The first-order valence-corrected chi connectivity index (χ1v) is 19.8. The van der Waals surface area contributed by atoms with E-state index >= 15 is 0 Å². The number of hydrogen-bond donors (Lipinski definition) is 0. The summed E-state index contributed by atoms with van der Waals surface area (Å²) in [5.74, 6) is 0. The van der Waals surface area contributed by atoms with Gasteiger partial charge in [-0.3, -0.25) is 0 Å². The molecule has 10 rings (SSSR count). The van der Waals surface area contributed by atoms with Crippen molar-refractivity contribution in [1.29, 1.82) is 0 Å². The lowest BCUT2D eigenvalue weighted by Gasteiger charge is -2.40. The lowest BCUT2D eigenvalue weighted by Crippen LogP contribution is -2.62. The van der Waals surface area contributed by atoms with Crippen LogP contribution in [-0.4, -0.2) is 17.2 Å². The van der Waals surface area contributed by atoms with Crippen molar-refractivity contribution in [2.45, 2.75) is 38.8 Å². The molecule has 0 atom stereocenters. The Labute approximate surface area is 287 Å². The molecule has 3 heteroatoms. The number of aromatic nitrogens is 2. The van der Waals surface area contributed by atoms with Gasteiger partial charge >= 0.3 is 0 Å². The third-order valence-corrected chi connectivity index (χ3v) is 17.9. The van der Waals surface area contributed by atoms with Crippen LogP contribution in [0.2, 0.25) is 11.1 Å². The van der Waals surface area contributed by atoms with E-state index in [0.717, 1.165) is 0 Å². The van der Waals surface area contributed by atoms with Crippen molar-refractivity contribution in [2.24, 2.45) is 0 Å². The summed E-state index contributed by atoms with van der Waals surface area (Å²) in [6.45, 7) is 9.80. The highest BCUT2D eigenvalue weighted by atomic mass is 28.3. The van der Waals surface area contributed by atoms with Gasteiger partial charge in [-0.2, -0.15) is 0 Å². The molecule has 0 saturated carbocycles. The first-order valence-electron chi connectivity index (χ1n) is 17.7. The number of nitrogens with zero attached hydrogens (tertiary/aromatic N) is 2. The lowest BCUT2D eigenvalue weighted by molar-refractivity contribution is 0.927. The highest BCUT2D eigenvalue weighted by Gasteiger charge is 2.43. The highest BCUT2D eigenvalue weighted by Crippen LogP contribution is 2.41. The summed E-state index contributed by atoms with van der Waals surface area (Å²) in [6, 6.07) is 55.2. The van der Waals surface area contributed by atoms with Crippen molar-refractivity contribution in [3.8, 4) is 11.4 Å². The van der Waals surface area contributed by atoms with Gasteiger partial charge in [-0.05, 0) is 81.2 Å². The van der Waals surface area contributed by atoms with Crippen molar-refractivity contribution < 1.29 is 0 Å².